The molecule has 0 saturated heterocycles. The number of carbonyl (C=O) groups excluding carboxylic acids is 1. The summed E-state index contributed by atoms with van der Waals surface area (Å²) in [6.07, 6.45) is 0. The molecule has 0 unspecified atom stereocenters. The summed E-state index contributed by atoms with van der Waals surface area (Å²) in [6, 6.07) is 0. The molecule has 0 amide bonds. The van der Waals surface area contributed by atoms with Crippen LogP contribution < -0.4 is 0 Å². The number of hydrogen-bond donors (Lipinski definition) is 8. The van der Waals surface area contributed by atoms with Gasteiger partial charge in [0.25, 0.3) is 41.8 Å². The first-order valence-corrected chi connectivity index (χ1v) is 8.35. The summed E-state index contributed by atoms with van der Waals surface area (Å²) in [4.78, 5) is 72.5. The van der Waals surface area contributed by atoms with E-state index >= 15 is 0 Å². The number of aliphatic carboxylic acids is 7. The van der Waals surface area contributed by atoms with Gasteiger partial charge in [0.2, 0.25) is 4.69 Å². The average Bonchev–Trinajstić information content (AvgIpc) is 2.42. The highest BCUT2D eigenvalue weighted by Crippen LogP contribution is 1.76. The first-order chi connectivity index (χ1) is 14.4. The Kier molecular flexibility index (Phi) is 73.1. The molecule has 0 radical (unpaired) electrons. The summed E-state index contributed by atoms with van der Waals surface area (Å²) in [7, 11) is 0. The molecular formula is C16H31BrO16. The van der Waals surface area contributed by atoms with Crippen molar-refractivity contribution in [2.75, 3.05) is 6.61 Å². The maximum atomic E-state index is 9.48. The SMILES string of the molecule is CC(=O)O.CC(=O)O.CC(=O)O.CC(=O)O.CC(=O)O.CC(=O)O.CC(=O)O.O=C(Br)CO. The Hall–Kier alpha value is -3.60. The van der Waals surface area contributed by atoms with Gasteiger partial charge in [0, 0.05) is 48.5 Å². The van der Waals surface area contributed by atoms with Gasteiger partial charge in [0.05, 0.1) is 0 Å². The molecular weight excluding hydrogens is 528 g/mol. The molecule has 0 aliphatic carbocycles. The Labute approximate surface area is 197 Å². The Morgan fingerprint density at radius 1 is 0.424 bits per heavy atom. The lowest BCUT2D eigenvalue weighted by Crippen LogP contribution is -1.88. The normalized spacial score (nSPS) is 6.45. The third-order valence-corrected chi connectivity index (χ3v) is 0.375. The van der Waals surface area contributed by atoms with Crippen molar-refractivity contribution in [2.24, 2.45) is 0 Å². The number of aliphatic hydroxyl groups is 1. The van der Waals surface area contributed by atoms with Gasteiger partial charge in [0.1, 0.15) is 6.61 Å². The summed E-state index contributed by atoms with van der Waals surface area (Å²) in [5, 5.41) is 59.7. The van der Waals surface area contributed by atoms with Crippen LogP contribution in [0.15, 0.2) is 0 Å². The fourth-order valence-electron chi connectivity index (χ4n) is 0. The van der Waals surface area contributed by atoms with E-state index in [1.165, 1.54) is 0 Å². The topological polar surface area (TPSA) is 298 Å². The molecule has 17 heteroatoms. The van der Waals surface area contributed by atoms with Crippen LogP contribution >= 0.6 is 15.9 Å². The third kappa shape index (κ3) is 7730. The first kappa shape index (κ1) is 51.8. The largest absolute Gasteiger partial charge is 0.481 e. The Bertz CT molecular complexity index is 411. The van der Waals surface area contributed by atoms with E-state index in [0.29, 0.717) is 0 Å². The quantitative estimate of drug-likeness (QED) is 0.203. The molecule has 0 atom stereocenters. The molecule has 0 aliphatic heterocycles. The van der Waals surface area contributed by atoms with E-state index in [1.807, 2.05) is 0 Å². The Balaban J connectivity index is -0.0000000361. The molecule has 0 heterocycles. The molecule has 8 N–H and O–H groups in total. The maximum Gasteiger partial charge on any atom is 0.300 e. The highest BCUT2D eigenvalue weighted by Gasteiger charge is 1.82. The van der Waals surface area contributed by atoms with E-state index < -0.39 is 48.4 Å². The molecule has 0 saturated carbocycles. The number of carboxylic acids is 7. The lowest BCUT2D eigenvalue weighted by Gasteiger charge is -1.69. The summed E-state index contributed by atoms with van der Waals surface area (Å²) in [5.41, 5.74) is 0. The summed E-state index contributed by atoms with van der Waals surface area (Å²) in [5.74, 6) is -5.83. The van der Waals surface area contributed by atoms with Crippen LogP contribution in [0.25, 0.3) is 0 Å². The van der Waals surface area contributed by atoms with Gasteiger partial charge in [-0.1, -0.05) is 0 Å². The van der Waals surface area contributed by atoms with Gasteiger partial charge in [-0.3, -0.25) is 38.4 Å². The summed E-state index contributed by atoms with van der Waals surface area (Å²) >= 11 is 2.48. The van der Waals surface area contributed by atoms with Crippen molar-refractivity contribution in [1.29, 1.82) is 0 Å². The van der Waals surface area contributed by atoms with Crippen LogP contribution in [0.4, 0.5) is 0 Å². The molecule has 0 bridgehead atoms. The van der Waals surface area contributed by atoms with Crippen molar-refractivity contribution in [3.8, 4) is 0 Å². The minimum absolute atomic E-state index is 0.377. The highest BCUT2D eigenvalue weighted by molar-refractivity contribution is 9.18. The van der Waals surface area contributed by atoms with Gasteiger partial charge >= 0.3 is 0 Å². The van der Waals surface area contributed by atoms with Gasteiger partial charge in [-0.05, 0) is 15.9 Å². The van der Waals surface area contributed by atoms with Crippen LogP contribution in [0.5, 0.6) is 0 Å². The van der Waals surface area contributed by atoms with Gasteiger partial charge in [-0.2, -0.15) is 0 Å². The number of carboxylic acid groups (broad SMARTS) is 7. The molecule has 0 aromatic carbocycles. The van der Waals surface area contributed by atoms with E-state index in [2.05, 4.69) is 15.9 Å². The number of hydrogen-bond acceptors (Lipinski definition) is 9. The number of halogens is 1. The zero-order valence-corrected chi connectivity index (χ0v) is 20.5. The van der Waals surface area contributed by atoms with Crippen molar-refractivity contribution in [3.05, 3.63) is 0 Å². The van der Waals surface area contributed by atoms with Crippen molar-refractivity contribution in [1.82, 2.24) is 0 Å². The zero-order valence-electron chi connectivity index (χ0n) is 18.9. The fourth-order valence-corrected chi connectivity index (χ4v) is 0. The molecule has 0 aliphatic rings. The van der Waals surface area contributed by atoms with Crippen molar-refractivity contribution in [2.45, 2.75) is 48.5 Å². The van der Waals surface area contributed by atoms with Crippen LogP contribution in [0.1, 0.15) is 48.5 Å². The number of aliphatic hydroxyl groups excluding tert-OH is 1. The lowest BCUT2D eigenvalue weighted by atomic mass is 10.9. The smallest absolute Gasteiger partial charge is 0.300 e. The Morgan fingerprint density at radius 3 is 0.455 bits per heavy atom. The highest BCUT2D eigenvalue weighted by atomic mass is 79.9. The van der Waals surface area contributed by atoms with E-state index in [-0.39, 0.29) is 4.69 Å². The molecule has 0 rings (SSSR count). The molecule has 33 heavy (non-hydrogen) atoms. The Morgan fingerprint density at radius 2 is 0.455 bits per heavy atom. The second-order valence-corrected chi connectivity index (χ2v) is 5.03. The molecule has 0 aromatic heterocycles. The molecule has 0 spiro atoms. The predicted molar refractivity (Wildman–Crippen MR) is 114 cm³/mol. The second-order valence-electron chi connectivity index (χ2n) is 4.15. The minimum Gasteiger partial charge on any atom is -0.481 e. The maximum absolute atomic E-state index is 9.48. The minimum atomic E-state index is -0.833. The van der Waals surface area contributed by atoms with Gasteiger partial charge in [-0.25, -0.2) is 0 Å². The van der Waals surface area contributed by atoms with Crippen molar-refractivity contribution < 1.29 is 79.2 Å². The number of rotatable bonds is 1. The van der Waals surface area contributed by atoms with Crippen molar-refractivity contribution >= 4 is 62.4 Å². The molecule has 16 nitrogen and oxygen atoms in total. The molecule has 0 aromatic rings. The van der Waals surface area contributed by atoms with Crippen LogP contribution in [0.2, 0.25) is 0 Å². The molecule has 198 valence electrons. The van der Waals surface area contributed by atoms with Gasteiger partial charge < -0.3 is 40.9 Å². The standard InChI is InChI=1S/C2H3BrO2.7C2H4O2/c3-2(5)1-4;7*1-2(3)4/h4H,1H2;7*1H3,(H,3,4). The van der Waals surface area contributed by atoms with E-state index in [9.17, 15) is 4.79 Å². The van der Waals surface area contributed by atoms with Crippen LogP contribution in [-0.4, -0.2) is 93.9 Å². The fraction of sp³-hybridized carbons (Fsp3) is 0.500. The van der Waals surface area contributed by atoms with Crippen LogP contribution in [0.3, 0.4) is 0 Å². The summed E-state index contributed by atoms with van der Waals surface area (Å²) in [6.45, 7) is 7.17. The predicted octanol–water partition coefficient (Wildman–Crippen LogP) is 0.537. The number of carbonyl (C=O) groups is 8. The first-order valence-electron chi connectivity index (χ1n) is 7.56. The zero-order chi connectivity index (χ0) is 29.3. The third-order valence-electron chi connectivity index (χ3n) is 0.124. The summed E-state index contributed by atoms with van der Waals surface area (Å²) < 4.78 is -0.377. The van der Waals surface area contributed by atoms with Gasteiger partial charge in [-0.15, -0.1) is 0 Å². The van der Waals surface area contributed by atoms with Gasteiger partial charge in [0.15, 0.2) is 0 Å². The van der Waals surface area contributed by atoms with Crippen LogP contribution in [-0.2, 0) is 38.4 Å². The van der Waals surface area contributed by atoms with E-state index in [1.54, 1.807) is 0 Å². The van der Waals surface area contributed by atoms with Crippen LogP contribution in [0, 0.1) is 0 Å². The van der Waals surface area contributed by atoms with Crippen molar-refractivity contribution in [3.63, 3.8) is 0 Å². The lowest BCUT2D eigenvalue weighted by molar-refractivity contribution is -0.135. The van der Waals surface area contributed by atoms with E-state index in [0.717, 1.165) is 48.5 Å². The van der Waals surface area contributed by atoms with E-state index in [4.69, 9.17) is 74.4 Å². The second kappa shape index (κ2) is 46.6. The average molecular weight is 559 g/mol. The monoisotopic (exact) mass is 558 g/mol. The molecule has 0 fully saturated rings.